The van der Waals surface area contributed by atoms with E-state index in [1.54, 1.807) is 6.92 Å². The molecule has 0 amide bonds. The molecule has 0 fully saturated rings. The van der Waals surface area contributed by atoms with Crippen LogP contribution < -0.4 is 0 Å². The molecule has 0 aromatic heterocycles. The van der Waals surface area contributed by atoms with Crippen molar-refractivity contribution in [3.63, 3.8) is 0 Å². The summed E-state index contributed by atoms with van der Waals surface area (Å²) < 4.78 is 28.6. The third-order valence-corrected chi connectivity index (χ3v) is 3.06. The van der Waals surface area contributed by atoms with Crippen LogP contribution in [-0.2, 0) is 9.53 Å². The van der Waals surface area contributed by atoms with E-state index in [0.29, 0.717) is 18.8 Å². The molecule has 15 heavy (non-hydrogen) atoms. The molecule has 1 unspecified atom stereocenters. The summed E-state index contributed by atoms with van der Waals surface area (Å²) >= 11 is 1.27. The zero-order valence-corrected chi connectivity index (χ0v) is 9.99. The number of esters is 1. The maximum atomic E-state index is 11.9. The molecule has 0 aromatic rings. The van der Waals surface area contributed by atoms with Gasteiger partial charge in [0, 0.05) is 6.42 Å². The fraction of sp³-hybridized carbons (Fsp3) is 0.900. The Balaban J connectivity index is 3.87. The van der Waals surface area contributed by atoms with Crippen LogP contribution in [0.4, 0.5) is 8.78 Å². The molecule has 0 saturated heterocycles. The molecule has 0 N–H and O–H groups in total. The molecule has 0 radical (unpaired) electrons. The first kappa shape index (κ1) is 14.7. The van der Waals surface area contributed by atoms with E-state index >= 15 is 0 Å². The number of carbonyl (C=O) groups is 1. The van der Waals surface area contributed by atoms with Crippen LogP contribution in [0.5, 0.6) is 0 Å². The van der Waals surface area contributed by atoms with Crippen molar-refractivity contribution < 1.29 is 18.3 Å². The van der Waals surface area contributed by atoms with Crippen molar-refractivity contribution in [1.29, 1.82) is 0 Å². The molecule has 0 spiro atoms. The number of thioether (sulfide) groups is 1. The topological polar surface area (TPSA) is 26.3 Å². The van der Waals surface area contributed by atoms with Gasteiger partial charge in [-0.25, -0.2) is 8.78 Å². The molecule has 0 heterocycles. The highest BCUT2D eigenvalue weighted by molar-refractivity contribution is 8.00. The zero-order valence-electron chi connectivity index (χ0n) is 9.17. The first-order valence-electron chi connectivity index (χ1n) is 5.18. The summed E-state index contributed by atoms with van der Waals surface area (Å²) in [7, 11) is 0. The van der Waals surface area contributed by atoms with Crippen LogP contribution in [0.3, 0.4) is 0 Å². The maximum Gasteiger partial charge on any atom is 0.319 e. The Labute approximate surface area is 93.8 Å². The highest BCUT2D eigenvalue weighted by Gasteiger charge is 2.19. The van der Waals surface area contributed by atoms with E-state index in [9.17, 15) is 13.6 Å². The summed E-state index contributed by atoms with van der Waals surface area (Å²) in [6.07, 6.45) is -0.913. The number of hydrogen-bond acceptors (Lipinski definition) is 3. The predicted molar refractivity (Wildman–Crippen MR) is 58.4 cm³/mol. The highest BCUT2D eigenvalue weighted by Crippen LogP contribution is 2.20. The highest BCUT2D eigenvalue weighted by atomic mass is 32.2. The van der Waals surface area contributed by atoms with Gasteiger partial charge in [0.15, 0.2) is 0 Å². The van der Waals surface area contributed by atoms with Gasteiger partial charge in [-0.2, -0.15) is 0 Å². The third-order valence-electron chi connectivity index (χ3n) is 1.76. The zero-order chi connectivity index (χ0) is 11.7. The van der Waals surface area contributed by atoms with Crippen LogP contribution in [0, 0.1) is 0 Å². The Morgan fingerprint density at radius 1 is 1.33 bits per heavy atom. The summed E-state index contributed by atoms with van der Waals surface area (Å²) in [4.78, 5) is 11.4. The largest absolute Gasteiger partial charge is 0.465 e. The lowest BCUT2D eigenvalue weighted by Gasteiger charge is -2.13. The number of rotatable bonds is 8. The molecule has 0 bridgehead atoms. The maximum absolute atomic E-state index is 11.9. The van der Waals surface area contributed by atoms with Crippen molar-refractivity contribution in [3.8, 4) is 0 Å². The normalized spacial score (nSPS) is 12.9. The average molecular weight is 240 g/mol. The van der Waals surface area contributed by atoms with Crippen molar-refractivity contribution in [2.45, 2.75) is 44.8 Å². The summed E-state index contributed by atoms with van der Waals surface area (Å²) in [5, 5.41) is -0.284. The van der Waals surface area contributed by atoms with Gasteiger partial charge in [0.25, 0.3) is 0 Å². The minimum absolute atomic E-state index is 0.162. The van der Waals surface area contributed by atoms with Crippen molar-refractivity contribution >= 4 is 17.7 Å². The lowest BCUT2D eigenvalue weighted by atomic mass is 10.2. The summed E-state index contributed by atoms with van der Waals surface area (Å²) in [5.74, 6) is 0.0276. The van der Waals surface area contributed by atoms with Crippen molar-refractivity contribution in [3.05, 3.63) is 0 Å². The second kappa shape index (κ2) is 8.95. The standard InChI is InChI=1S/C10H18F2O2S/c1-3-5-8(10(13)14-4-2)15-7-6-9(11)12/h8-9H,3-7H2,1-2H3. The quantitative estimate of drug-likeness (QED) is 0.610. The van der Waals surface area contributed by atoms with Gasteiger partial charge >= 0.3 is 5.97 Å². The lowest BCUT2D eigenvalue weighted by Crippen LogP contribution is -2.20. The summed E-state index contributed by atoms with van der Waals surface area (Å²) in [6, 6.07) is 0. The molecular weight excluding hydrogens is 222 g/mol. The molecule has 0 saturated carbocycles. The van der Waals surface area contributed by atoms with Gasteiger partial charge in [-0.3, -0.25) is 4.79 Å². The molecule has 0 aliphatic heterocycles. The number of alkyl halides is 2. The Kier molecular flexibility index (Phi) is 8.76. The number of hydrogen-bond donors (Lipinski definition) is 0. The SMILES string of the molecule is CCCC(SCCC(F)F)C(=O)OCC. The minimum Gasteiger partial charge on any atom is -0.465 e. The van der Waals surface area contributed by atoms with E-state index < -0.39 is 6.43 Å². The van der Waals surface area contributed by atoms with Crippen LogP contribution in [-0.4, -0.2) is 30.0 Å². The summed E-state index contributed by atoms with van der Waals surface area (Å²) in [5.41, 5.74) is 0. The first-order valence-corrected chi connectivity index (χ1v) is 6.23. The Morgan fingerprint density at radius 3 is 2.47 bits per heavy atom. The van der Waals surface area contributed by atoms with E-state index in [-0.39, 0.29) is 17.6 Å². The van der Waals surface area contributed by atoms with E-state index in [4.69, 9.17) is 4.74 Å². The smallest absolute Gasteiger partial charge is 0.319 e. The molecule has 0 aliphatic carbocycles. The van der Waals surface area contributed by atoms with Crippen LogP contribution >= 0.6 is 11.8 Å². The Morgan fingerprint density at radius 2 is 2.00 bits per heavy atom. The van der Waals surface area contributed by atoms with Crippen LogP contribution in [0.15, 0.2) is 0 Å². The molecule has 0 rings (SSSR count). The number of ether oxygens (including phenoxy) is 1. The van der Waals surface area contributed by atoms with Crippen molar-refractivity contribution in [2.24, 2.45) is 0 Å². The van der Waals surface area contributed by atoms with E-state index in [1.807, 2.05) is 6.92 Å². The van der Waals surface area contributed by atoms with Gasteiger partial charge in [-0.15, -0.1) is 11.8 Å². The third kappa shape index (κ3) is 7.59. The number of halogens is 2. The van der Waals surface area contributed by atoms with Crippen LogP contribution in [0.25, 0.3) is 0 Å². The average Bonchev–Trinajstić information content (AvgIpc) is 2.16. The fourth-order valence-corrected chi connectivity index (χ4v) is 2.27. The van der Waals surface area contributed by atoms with Crippen molar-refractivity contribution in [2.75, 3.05) is 12.4 Å². The second-order valence-corrected chi connectivity index (χ2v) is 4.39. The Hall–Kier alpha value is -0.320. The summed E-state index contributed by atoms with van der Waals surface area (Å²) in [6.45, 7) is 4.04. The number of carbonyl (C=O) groups excluding carboxylic acids is 1. The lowest BCUT2D eigenvalue weighted by molar-refractivity contribution is -0.142. The van der Waals surface area contributed by atoms with E-state index in [1.165, 1.54) is 11.8 Å². The molecule has 2 nitrogen and oxygen atoms in total. The van der Waals surface area contributed by atoms with Crippen molar-refractivity contribution in [1.82, 2.24) is 0 Å². The van der Waals surface area contributed by atoms with Gasteiger partial charge < -0.3 is 4.74 Å². The van der Waals surface area contributed by atoms with Crippen LogP contribution in [0.2, 0.25) is 0 Å². The van der Waals surface area contributed by atoms with Gasteiger partial charge in [0.2, 0.25) is 6.43 Å². The molecule has 0 aliphatic rings. The molecular formula is C10H18F2O2S. The van der Waals surface area contributed by atoms with Gasteiger partial charge in [0.1, 0.15) is 5.25 Å². The van der Waals surface area contributed by atoms with E-state index in [0.717, 1.165) is 6.42 Å². The molecule has 5 heteroatoms. The molecule has 1 atom stereocenters. The first-order chi connectivity index (χ1) is 7.11. The van der Waals surface area contributed by atoms with Gasteiger partial charge in [-0.05, 0) is 19.1 Å². The second-order valence-electron chi connectivity index (χ2n) is 3.08. The molecule has 0 aromatic carbocycles. The fourth-order valence-electron chi connectivity index (χ4n) is 1.07. The predicted octanol–water partition coefficient (Wildman–Crippen LogP) is 3.11. The molecule has 90 valence electrons. The van der Waals surface area contributed by atoms with Crippen LogP contribution in [0.1, 0.15) is 33.1 Å². The Bertz CT molecular complexity index is 177. The monoisotopic (exact) mass is 240 g/mol. The van der Waals surface area contributed by atoms with Gasteiger partial charge in [-0.1, -0.05) is 13.3 Å². The van der Waals surface area contributed by atoms with E-state index in [2.05, 4.69) is 0 Å². The van der Waals surface area contributed by atoms with Gasteiger partial charge in [0.05, 0.1) is 6.61 Å². The minimum atomic E-state index is -2.29.